The van der Waals surface area contributed by atoms with Gasteiger partial charge in [0.1, 0.15) is 0 Å². The summed E-state index contributed by atoms with van der Waals surface area (Å²) in [6.07, 6.45) is 0. The number of carbonyl (C=O) groups excluding carboxylic acids is 1. The first-order valence-corrected chi connectivity index (χ1v) is 10.4. The van der Waals surface area contributed by atoms with Crippen LogP contribution in [0.15, 0.2) is 83.8 Å². The fourth-order valence-electron chi connectivity index (χ4n) is 2.93. The molecule has 6 heteroatoms. The predicted molar refractivity (Wildman–Crippen MR) is 111 cm³/mol. The molecule has 0 heterocycles. The second-order valence-corrected chi connectivity index (χ2v) is 8.23. The van der Waals surface area contributed by atoms with E-state index in [2.05, 4.69) is 10.0 Å². The molecule has 0 bridgehead atoms. The van der Waals surface area contributed by atoms with Gasteiger partial charge in [0.05, 0.1) is 10.9 Å². The summed E-state index contributed by atoms with van der Waals surface area (Å²) in [5.74, 6) is -0.215. The summed E-state index contributed by atoms with van der Waals surface area (Å²) in [5.41, 5.74) is 3.03. The van der Waals surface area contributed by atoms with Gasteiger partial charge in [0, 0.05) is 11.3 Å². The zero-order chi connectivity index (χ0) is 20.1. The van der Waals surface area contributed by atoms with Crippen LogP contribution in [-0.4, -0.2) is 14.3 Å². The lowest BCUT2D eigenvalue weighted by Gasteiger charge is -2.16. The quantitative estimate of drug-likeness (QED) is 0.655. The summed E-state index contributed by atoms with van der Waals surface area (Å²) in [6.45, 7) is 3.94. The first-order chi connectivity index (χ1) is 13.4. The van der Waals surface area contributed by atoms with Gasteiger partial charge in [-0.2, -0.15) is 0 Å². The van der Waals surface area contributed by atoms with Crippen LogP contribution in [0.3, 0.4) is 0 Å². The third-order valence-corrected chi connectivity index (χ3v) is 5.85. The van der Waals surface area contributed by atoms with Crippen molar-refractivity contribution in [3.63, 3.8) is 0 Å². The number of benzene rings is 3. The molecular weight excluding hydrogens is 372 g/mol. The summed E-state index contributed by atoms with van der Waals surface area (Å²) in [6, 6.07) is 22.3. The Kier molecular flexibility index (Phi) is 5.80. The predicted octanol–water partition coefficient (Wildman–Crippen LogP) is 4.29. The molecule has 0 aliphatic carbocycles. The minimum absolute atomic E-state index is 0.134. The van der Waals surface area contributed by atoms with Crippen LogP contribution in [-0.2, 0) is 10.0 Å². The molecule has 0 aliphatic heterocycles. The molecule has 2 N–H and O–H groups in total. The topological polar surface area (TPSA) is 75.3 Å². The fraction of sp³-hybridized carbons (Fsp3) is 0.136. The molecule has 144 valence electrons. The van der Waals surface area contributed by atoms with Gasteiger partial charge in [-0.15, -0.1) is 0 Å². The molecule has 1 atom stereocenters. The SMILES string of the molecule is Cc1ccccc1[C@H](C)NC(=O)c1ccc(NS(=O)(=O)c2ccccc2)cc1. The highest BCUT2D eigenvalue weighted by Crippen LogP contribution is 2.19. The lowest BCUT2D eigenvalue weighted by atomic mass is 10.0. The molecule has 0 fully saturated rings. The third kappa shape index (κ3) is 4.58. The number of hydrogen-bond acceptors (Lipinski definition) is 3. The second kappa shape index (κ2) is 8.27. The number of carbonyl (C=O) groups is 1. The van der Waals surface area contributed by atoms with Gasteiger partial charge < -0.3 is 5.32 Å². The smallest absolute Gasteiger partial charge is 0.261 e. The molecule has 3 aromatic rings. The van der Waals surface area contributed by atoms with Crippen LogP contribution in [0.5, 0.6) is 0 Å². The average Bonchev–Trinajstić information content (AvgIpc) is 2.69. The lowest BCUT2D eigenvalue weighted by Crippen LogP contribution is -2.27. The maximum atomic E-state index is 12.5. The van der Waals surface area contributed by atoms with E-state index in [4.69, 9.17) is 0 Å². The van der Waals surface area contributed by atoms with Crippen molar-refractivity contribution < 1.29 is 13.2 Å². The molecule has 0 aromatic heterocycles. The highest BCUT2D eigenvalue weighted by molar-refractivity contribution is 7.92. The number of hydrogen-bond donors (Lipinski definition) is 2. The van der Waals surface area contributed by atoms with E-state index >= 15 is 0 Å². The van der Waals surface area contributed by atoms with Crippen LogP contribution in [0.25, 0.3) is 0 Å². The first-order valence-electron chi connectivity index (χ1n) is 8.91. The fourth-order valence-corrected chi connectivity index (χ4v) is 4.01. The van der Waals surface area contributed by atoms with Crippen molar-refractivity contribution in [2.45, 2.75) is 24.8 Å². The maximum Gasteiger partial charge on any atom is 0.261 e. The van der Waals surface area contributed by atoms with E-state index in [0.717, 1.165) is 11.1 Å². The van der Waals surface area contributed by atoms with Crippen LogP contribution in [0.2, 0.25) is 0 Å². The molecule has 28 heavy (non-hydrogen) atoms. The van der Waals surface area contributed by atoms with Gasteiger partial charge in [-0.3, -0.25) is 9.52 Å². The Hall–Kier alpha value is -3.12. The van der Waals surface area contributed by atoms with Gasteiger partial charge in [-0.05, 0) is 61.4 Å². The van der Waals surface area contributed by atoms with Gasteiger partial charge in [0.25, 0.3) is 15.9 Å². The largest absolute Gasteiger partial charge is 0.346 e. The Morgan fingerprint density at radius 3 is 2.11 bits per heavy atom. The standard InChI is InChI=1S/C22H22N2O3S/c1-16-8-6-7-11-21(16)17(2)23-22(25)18-12-14-19(15-13-18)24-28(26,27)20-9-4-3-5-10-20/h3-15,17,24H,1-2H3,(H,23,25)/t17-/m0/s1. The minimum atomic E-state index is -3.66. The Balaban J connectivity index is 1.69. The van der Waals surface area contributed by atoms with E-state index in [1.165, 1.54) is 12.1 Å². The van der Waals surface area contributed by atoms with Gasteiger partial charge >= 0.3 is 0 Å². The summed E-state index contributed by atoms with van der Waals surface area (Å²) >= 11 is 0. The van der Waals surface area contributed by atoms with Crippen molar-refractivity contribution in [3.8, 4) is 0 Å². The normalized spacial score (nSPS) is 12.2. The number of aryl methyl sites for hydroxylation is 1. The van der Waals surface area contributed by atoms with Crippen molar-refractivity contribution in [1.29, 1.82) is 0 Å². The molecule has 0 saturated carbocycles. The van der Waals surface area contributed by atoms with Crippen LogP contribution in [0.1, 0.15) is 34.5 Å². The Labute approximate surface area is 165 Å². The molecule has 0 spiro atoms. The summed E-state index contributed by atoms with van der Waals surface area (Å²) < 4.78 is 27.2. The van der Waals surface area contributed by atoms with Crippen molar-refractivity contribution in [3.05, 3.63) is 95.6 Å². The van der Waals surface area contributed by atoms with Gasteiger partial charge in [0.15, 0.2) is 0 Å². The van der Waals surface area contributed by atoms with E-state index in [-0.39, 0.29) is 16.8 Å². The summed E-state index contributed by atoms with van der Waals surface area (Å²) in [5, 5.41) is 2.97. The number of sulfonamides is 1. The van der Waals surface area contributed by atoms with Crippen LogP contribution in [0.4, 0.5) is 5.69 Å². The van der Waals surface area contributed by atoms with Crippen molar-refractivity contribution in [1.82, 2.24) is 5.32 Å². The van der Waals surface area contributed by atoms with Gasteiger partial charge in [-0.1, -0.05) is 42.5 Å². The molecule has 0 radical (unpaired) electrons. The number of anilines is 1. The molecule has 3 aromatic carbocycles. The molecule has 5 nitrogen and oxygen atoms in total. The van der Waals surface area contributed by atoms with Crippen LogP contribution >= 0.6 is 0 Å². The van der Waals surface area contributed by atoms with Crippen molar-refractivity contribution in [2.24, 2.45) is 0 Å². The Morgan fingerprint density at radius 2 is 1.46 bits per heavy atom. The Bertz CT molecular complexity index is 1060. The van der Waals surface area contributed by atoms with Crippen molar-refractivity contribution >= 4 is 21.6 Å². The van der Waals surface area contributed by atoms with E-state index in [0.29, 0.717) is 11.3 Å². The molecule has 0 unspecified atom stereocenters. The molecule has 1 amide bonds. The highest BCUT2D eigenvalue weighted by Gasteiger charge is 2.15. The molecule has 0 aliphatic rings. The summed E-state index contributed by atoms with van der Waals surface area (Å²) in [7, 11) is -3.66. The van der Waals surface area contributed by atoms with Gasteiger partial charge in [-0.25, -0.2) is 8.42 Å². The van der Waals surface area contributed by atoms with E-state index < -0.39 is 10.0 Å². The molecular formula is C22H22N2O3S. The van der Waals surface area contributed by atoms with E-state index in [1.54, 1.807) is 42.5 Å². The van der Waals surface area contributed by atoms with Crippen molar-refractivity contribution in [2.75, 3.05) is 4.72 Å². The Morgan fingerprint density at radius 1 is 0.857 bits per heavy atom. The second-order valence-electron chi connectivity index (χ2n) is 6.55. The van der Waals surface area contributed by atoms with Crippen LogP contribution in [0, 0.1) is 6.92 Å². The molecule has 3 rings (SSSR count). The summed E-state index contributed by atoms with van der Waals surface area (Å²) in [4.78, 5) is 12.7. The third-order valence-electron chi connectivity index (χ3n) is 4.46. The van der Waals surface area contributed by atoms with E-state index in [9.17, 15) is 13.2 Å². The first kappa shape index (κ1) is 19.6. The number of rotatable bonds is 6. The van der Waals surface area contributed by atoms with Gasteiger partial charge in [0.2, 0.25) is 0 Å². The number of nitrogens with one attached hydrogen (secondary N) is 2. The highest BCUT2D eigenvalue weighted by atomic mass is 32.2. The van der Waals surface area contributed by atoms with Crippen LogP contribution < -0.4 is 10.0 Å². The minimum Gasteiger partial charge on any atom is -0.346 e. The number of amides is 1. The monoisotopic (exact) mass is 394 g/mol. The zero-order valence-corrected chi connectivity index (χ0v) is 16.5. The van der Waals surface area contributed by atoms with E-state index in [1.807, 2.05) is 38.1 Å². The maximum absolute atomic E-state index is 12.5. The lowest BCUT2D eigenvalue weighted by molar-refractivity contribution is 0.0940. The molecule has 0 saturated heterocycles. The average molecular weight is 394 g/mol. The zero-order valence-electron chi connectivity index (χ0n) is 15.7.